The lowest BCUT2D eigenvalue weighted by Crippen LogP contribution is -2.53. The van der Waals surface area contributed by atoms with E-state index in [1.807, 2.05) is 24.3 Å². The minimum atomic E-state index is -0.662. The van der Waals surface area contributed by atoms with Crippen LogP contribution in [0.25, 0.3) is 0 Å². The van der Waals surface area contributed by atoms with Gasteiger partial charge in [-0.2, -0.15) is 0 Å². The lowest BCUT2D eigenvalue weighted by atomic mass is 9.67. The maximum absolute atomic E-state index is 12.7. The maximum Gasteiger partial charge on any atom is 0.239 e. The predicted molar refractivity (Wildman–Crippen MR) is 79.5 cm³/mol. The minimum absolute atomic E-state index is 0.0456. The predicted octanol–water partition coefficient (Wildman–Crippen LogP) is 2.11. The van der Waals surface area contributed by atoms with Crippen LogP contribution >= 0.6 is 12.2 Å². The van der Waals surface area contributed by atoms with Crippen LogP contribution in [0.4, 0.5) is 5.69 Å². The lowest BCUT2D eigenvalue weighted by molar-refractivity contribution is -0.127. The Balaban J connectivity index is 2.31. The molecule has 1 saturated carbocycles. The van der Waals surface area contributed by atoms with Gasteiger partial charge in [0.1, 0.15) is 5.75 Å². The molecular weight excluding hydrogens is 260 g/mol. The molecular formula is C14H18N2O2S. The summed E-state index contributed by atoms with van der Waals surface area (Å²) >= 11 is 5.09. The molecule has 19 heavy (non-hydrogen) atoms. The van der Waals surface area contributed by atoms with Crippen LogP contribution in [0.1, 0.15) is 19.3 Å². The first-order valence-corrected chi connectivity index (χ1v) is 6.65. The lowest BCUT2D eigenvalue weighted by Gasteiger charge is -2.41. The van der Waals surface area contributed by atoms with Crippen LogP contribution in [0.2, 0.25) is 0 Å². The molecule has 1 aromatic rings. The van der Waals surface area contributed by atoms with E-state index in [-0.39, 0.29) is 5.91 Å². The summed E-state index contributed by atoms with van der Waals surface area (Å²) in [6.45, 7) is 0. The number of hydrogen-bond acceptors (Lipinski definition) is 3. The van der Waals surface area contributed by atoms with Crippen molar-refractivity contribution in [3.63, 3.8) is 0 Å². The molecule has 5 heteroatoms. The Morgan fingerprint density at radius 3 is 2.53 bits per heavy atom. The average Bonchev–Trinajstić information content (AvgIpc) is 2.35. The summed E-state index contributed by atoms with van der Waals surface area (Å²) in [5, 5.41) is 0. The van der Waals surface area contributed by atoms with E-state index in [1.165, 1.54) is 0 Å². The first-order valence-electron chi connectivity index (χ1n) is 6.24. The summed E-state index contributed by atoms with van der Waals surface area (Å²) in [7, 11) is 3.32. The zero-order chi connectivity index (χ0) is 14.0. The number of methoxy groups -OCH3 is 1. The zero-order valence-electron chi connectivity index (χ0n) is 11.2. The van der Waals surface area contributed by atoms with Crippen molar-refractivity contribution in [2.75, 3.05) is 19.1 Å². The molecule has 2 rings (SSSR count). The summed E-state index contributed by atoms with van der Waals surface area (Å²) in [6.07, 6.45) is 2.46. The van der Waals surface area contributed by atoms with E-state index in [0.29, 0.717) is 10.7 Å². The number of para-hydroxylation sites is 2. The third-order valence-electron chi connectivity index (χ3n) is 3.84. The molecule has 0 radical (unpaired) electrons. The first kappa shape index (κ1) is 13.8. The number of ether oxygens (including phenoxy) is 1. The van der Waals surface area contributed by atoms with E-state index < -0.39 is 5.41 Å². The summed E-state index contributed by atoms with van der Waals surface area (Å²) in [6, 6.07) is 7.42. The number of benzene rings is 1. The molecule has 0 aliphatic heterocycles. The Labute approximate surface area is 118 Å². The molecule has 0 bridgehead atoms. The van der Waals surface area contributed by atoms with Crippen molar-refractivity contribution >= 4 is 28.8 Å². The highest BCUT2D eigenvalue weighted by Crippen LogP contribution is 2.44. The SMILES string of the molecule is COc1ccccc1N(C)C(=O)C1(C(N)=S)CCC1. The van der Waals surface area contributed by atoms with Gasteiger partial charge in [0.05, 0.1) is 23.2 Å². The van der Waals surface area contributed by atoms with Crippen LogP contribution in [0.5, 0.6) is 5.75 Å². The van der Waals surface area contributed by atoms with Gasteiger partial charge >= 0.3 is 0 Å². The van der Waals surface area contributed by atoms with Crippen molar-refractivity contribution in [3.8, 4) is 5.75 Å². The molecule has 1 aliphatic carbocycles. The smallest absolute Gasteiger partial charge is 0.239 e. The highest BCUT2D eigenvalue weighted by atomic mass is 32.1. The summed E-state index contributed by atoms with van der Waals surface area (Å²) in [4.78, 5) is 14.6. The topological polar surface area (TPSA) is 55.6 Å². The van der Waals surface area contributed by atoms with E-state index in [0.717, 1.165) is 24.9 Å². The van der Waals surface area contributed by atoms with Gasteiger partial charge in [0.25, 0.3) is 0 Å². The Hall–Kier alpha value is -1.62. The molecule has 1 fully saturated rings. The van der Waals surface area contributed by atoms with E-state index in [4.69, 9.17) is 22.7 Å². The number of nitrogens with two attached hydrogens (primary N) is 1. The van der Waals surface area contributed by atoms with Gasteiger partial charge in [-0.15, -0.1) is 0 Å². The fraction of sp³-hybridized carbons (Fsp3) is 0.429. The monoisotopic (exact) mass is 278 g/mol. The number of hydrogen-bond donors (Lipinski definition) is 1. The second kappa shape index (κ2) is 5.17. The van der Waals surface area contributed by atoms with Gasteiger partial charge in [0.2, 0.25) is 5.91 Å². The Morgan fingerprint density at radius 1 is 1.42 bits per heavy atom. The van der Waals surface area contributed by atoms with E-state index in [1.54, 1.807) is 19.1 Å². The number of carbonyl (C=O) groups excluding carboxylic acids is 1. The number of thiocarbonyl (C=S) groups is 1. The molecule has 1 aromatic carbocycles. The van der Waals surface area contributed by atoms with Gasteiger partial charge in [0.15, 0.2) is 0 Å². The zero-order valence-corrected chi connectivity index (χ0v) is 12.0. The molecule has 102 valence electrons. The number of anilines is 1. The molecule has 0 atom stereocenters. The number of amides is 1. The van der Waals surface area contributed by atoms with Crippen LogP contribution in [0, 0.1) is 5.41 Å². The number of carbonyl (C=O) groups is 1. The van der Waals surface area contributed by atoms with E-state index in [2.05, 4.69) is 0 Å². The van der Waals surface area contributed by atoms with Crippen molar-refractivity contribution in [1.29, 1.82) is 0 Å². The normalized spacial score (nSPS) is 16.3. The van der Waals surface area contributed by atoms with Crippen molar-refractivity contribution in [1.82, 2.24) is 0 Å². The Kier molecular flexibility index (Phi) is 3.75. The summed E-state index contributed by atoms with van der Waals surface area (Å²) in [5.41, 5.74) is 5.84. The molecule has 0 aromatic heterocycles. The van der Waals surface area contributed by atoms with Crippen LogP contribution in [0.15, 0.2) is 24.3 Å². The van der Waals surface area contributed by atoms with Crippen LogP contribution in [-0.2, 0) is 4.79 Å². The average molecular weight is 278 g/mol. The van der Waals surface area contributed by atoms with Gasteiger partial charge in [-0.25, -0.2) is 0 Å². The summed E-state index contributed by atoms with van der Waals surface area (Å²) in [5.74, 6) is 0.617. The maximum atomic E-state index is 12.7. The van der Waals surface area contributed by atoms with Crippen molar-refractivity contribution in [3.05, 3.63) is 24.3 Å². The molecule has 1 amide bonds. The molecule has 1 aliphatic rings. The van der Waals surface area contributed by atoms with Gasteiger partial charge < -0.3 is 15.4 Å². The van der Waals surface area contributed by atoms with E-state index >= 15 is 0 Å². The fourth-order valence-corrected chi connectivity index (χ4v) is 2.72. The van der Waals surface area contributed by atoms with Crippen molar-refractivity contribution < 1.29 is 9.53 Å². The third kappa shape index (κ3) is 2.18. The fourth-order valence-electron chi connectivity index (χ4n) is 2.43. The summed E-state index contributed by atoms with van der Waals surface area (Å²) < 4.78 is 5.28. The van der Waals surface area contributed by atoms with Crippen LogP contribution in [-0.4, -0.2) is 25.1 Å². The number of rotatable bonds is 4. The van der Waals surface area contributed by atoms with Gasteiger partial charge in [-0.05, 0) is 25.0 Å². The van der Waals surface area contributed by atoms with Gasteiger partial charge in [-0.1, -0.05) is 30.8 Å². The number of nitrogens with zero attached hydrogens (tertiary/aromatic N) is 1. The molecule has 4 nitrogen and oxygen atoms in total. The van der Waals surface area contributed by atoms with Gasteiger partial charge in [0, 0.05) is 7.05 Å². The second-order valence-electron chi connectivity index (χ2n) is 4.84. The largest absolute Gasteiger partial charge is 0.495 e. The van der Waals surface area contributed by atoms with Crippen molar-refractivity contribution in [2.24, 2.45) is 11.1 Å². The molecule has 0 heterocycles. The highest BCUT2D eigenvalue weighted by Gasteiger charge is 2.48. The Morgan fingerprint density at radius 2 is 2.05 bits per heavy atom. The van der Waals surface area contributed by atoms with E-state index in [9.17, 15) is 4.79 Å². The Bertz CT molecular complexity index is 512. The third-order valence-corrected chi connectivity index (χ3v) is 4.23. The molecule has 0 unspecified atom stereocenters. The standard InChI is InChI=1S/C14H18N2O2S/c1-16(10-6-3-4-7-11(10)18-2)13(17)14(12(15)19)8-5-9-14/h3-4,6-7H,5,8-9H2,1-2H3,(H2,15,19). The van der Waals surface area contributed by atoms with Gasteiger partial charge in [-0.3, -0.25) is 4.79 Å². The molecule has 0 spiro atoms. The second-order valence-corrected chi connectivity index (χ2v) is 5.28. The minimum Gasteiger partial charge on any atom is -0.495 e. The highest BCUT2D eigenvalue weighted by molar-refractivity contribution is 7.80. The molecule has 0 saturated heterocycles. The molecule has 2 N–H and O–H groups in total. The first-order chi connectivity index (χ1) is 9.03. The van der Waals surface area contributed by atoms with Crippen LogP contribution < -0.4 is 15.4 Å². The van der Waals surface area contributed by atoms with Crippen LogP contribution in [0.3, 0.4) is 0 Å². The van der Waals surface area contributed by atoms with Crippen molar-refractivity contribution in [2.45, 2.75) is 19.3 Å². The quantitative estimate of drug-likeness (QED) is 0.857.